The molecule has 2 heteroatoms. The molecule has 0 spiro atoms. The van der Waals surface area contributed by atoms with Crippen LogP contribution in [0.1, 0.15) is 50.2 Å². The first kappa shape index (κ1) is 19.0. The summed E-state index contributed by atoms with van der Waals surface area (Å²) in [7, 11) is 1.92. The summed E-state index contributed by atoms with van der Waals surface area (Å²) in [4.78, 5) is 5.00. The summed E-state index contributed by atoms with van der Waals surface area (Å²) in [6.45, 7) is 16.5. The van der Waals surface area contributed by atoms with Gasteiger partial charge in [0.2, 0.25) is 0 Å². The Kier molecular flexibility index (Phi) is 6.58. The first-order chi connectivity index (χ1) is 12.0. The first-order valence-corrected chi connectivity index (χ1v) is 8.94. The molecule has 0 aromatic heterocycles. The van der Waals surface area contributed by atoms with Crippen molar-refractivity contribution in [3.63, 3.8) is 0 Å². The lowest BCUT2D eigenvalue weighted by Gasteiger charge is -2.32. The second-order valence-corrected chi connectivity index (χ2v) is 6.96. The minimum Gasteiger partial charge on any atom is -0.392 e. The van der Waals surface area contributed by atoms with Gasteiger partial charge in [0.25, 0.3) is 0 Å². The van der Waals surface area contributed by atoms with Crippen LogP contribution in [0.3, 0.4) is 0 Å². The number of hydrogen-bond acceptors (Lipinski definition) is 2. The largest absolute Gasteiger partial charge is 0.392 e. The van der Waals surface area contributed by atoms with Gasteiger partial charge in [0.1, 0.15) is 0 Å². The number of aliphatic imine (C=N–C) groups is 1. The molecular weight excluding hydrogens is 304 g/mol. The Morgan fingerprint density at radius 3 is 2.60 bits per heavy atom. The third-order valence-corrected chi connectivity index (χ3v) is 4.68. The Morgan fingerprint density at radius 1 is 1.24 bits per heavy atom. The Morgan fingerprint density at radius 2 is 1.96 bits per heavy atom. The van der Waals surface area contributed by atoms with Crippen molar-refractivity contribution in [1.82, 2.24) is 5.32 Å². The Bertz CT molecular complexity index is 717. The highest BCUT2D eigenvalue weighted by Gasteiger charge is 2.30. The Labute approximate surface area is 152 Å². The van der Waals surface area contributed by atoms with Crippen molar-refractivity contribution in [1.29, 1.82) is 0 Å². The van der Waals surface area contributed by atoms with Crippen LogP contribution < -0.4 is 5.32 Å². The van der Waals surface area contributed by atoms with Crippen LogP contribution in [-0.2, 0) is 0 Å². The maximum atomic E-state index is 5.00. The smallest absolute Gasteiger partial charge is 0.0647 e. The molecule has 2 unspecified atom stereocenters. The number of benzene rings is 1. The molecule has 0 saturated heterocycles. The predicted molar refractivity (Wildman–Crippen MR) is 110 cm³/mol. The van der Waals surface area contributed by atoms with E-state index in [-0.39, 0.29) is 6.04 Å². The minimum absolute atomic E-state index is 0.183. The Hall–Kier alpha value is -2.35. The van der Waals surface area contributed by atoms with Crippen LogP contribution in [0.15, 0.2) is 78.0 Å². The van der Waals surface area contributed by atoms with Gasteiger partial charge in [0.05, 0.1) is 11.8 Å². The van der Waals surface area contributed by atoms with Crippen LogP contribution in [0.5, 0.6) is 0 Å². The number of rotatable bonds is 8. The van der Waals surface area contributed by atoms with Gasteiger partial charge in [-0.2, -0.15) is 0 Å². The highest BCUT2D eigenvalue weighted by atomic mass is 14.9. The lowest BCUT2D eigenvalue weighted by molar-refractivity contribution is 0.486. The quantitative estimate of drug-likeness (QED) is 0.619. The summed E-state index contributed by atoms with van der Waals surface area (Å²) in [6, 6.07) is 8.76. The average Bonchev–Trinajstić information content (AvgIpc) is 2.59. The molecular formula is C23H30N2. The zero-order valence-electron chi connectivity index (χ0n) is 15.8. The van der Waals surface area contributed by atoms with Crippen molar-refractivity contribution in [3.05, 3.63) is 84.1 Å². The second-order valence-electron chi connectivity index (χ2n) is 6.96. The molecule has 1 aliphatic heterocycles. The van der Waals surface area contributed by atoms with E-state index in [1.165, 1.54) is 22.3 Å². The fraction of sp³-hybridized carbons (Fsp3) is 0.348. The summed E-state index contributed by atoms with van der Waals surface area (Å²) in [6.07, 6.45) is 6.89. The average molecular weight is 335 g/mol. The maximum Gasteiger partial charge on any atom is 0.0647 e. The van der Waals surface area contributed by atoms with Gasteiger partial charge >= 0.3 is 0 Å². The van der Waals surface area contributed by atoms with Gasteiger partial charge in [-0.15, -0.1) is 0 Å². The van der Waals surface area contributed by atoms with Crippen molar-refractivity contribution in [2.75, 3.05) is 7.05 Å². The van der Waals surface area contributed by atoms with Crippen LogP contribution in [0.4, 0.5) is 0 Å². The third-order valence-electron chi connectivity index (χ3n) is 4.68. The van der Waals surface area contributed by atoms with Crippen molar-refractivity contribution < 1.29 is 0 Å². The van der Waals surface area contributed by atoms with E-state index >= 15 is 0 Å². The van der Waals surface area contributed by atoms with E-state index in [2.05, 4.69) is 69.2 Å². The first-order valence-electron chi connectivity index (χ1n) is 8.94. The van der Waals surface area contributed by atoms with Crippen molar-refractivity contribution in [2.24, 2.45) is 4.99 Å². The Balaban J connectivity index is 2.32. The number of allylic oxidation sites excluding steroid dienone is 4. The summed E-state index contributed by atoms with van der Waals surface area (Å²) in [5.74, 6) is 0.368. The molecule has 1 N–H and O–H groups in total. The van der Waals surface area contributed by atoms with Gasteiger partial charge in [-0.05, 0) is 38.3 Å². The lowest BCUT2D eigenvalue weighted by atomic mass is 9.79. The molecule has 1 aromatic carbocycles. The molecule has 0 fully saturated rings. The molecule has 1 heterocycles. The topological polar surface area (TPSA) is 24.4 Å². The molecule has 0 aliphatic carbocycles. The zero-order chi connectivity index (χ0) is 18.4. The summed E-state index contributed by atoms with van der Waals surface area (Å²) in [5, 5.41) is 3.16. The van der Waals surface area contributed by atoms with Crippen molar-refractivity contribution in [2.45, 2.75) is 45.1 Å². The fourth-order valence-electron chi connectivity index (χ4n) is 3.47. The third kappa shape index (κ3) is 4.82. The van der Waals surface area contributed by atoms with E-state index in [9.17, 15) is 0 Å². The fourth-order valence-corrected chi connectivity index (χ4v) is 3.47. The van der Waals surface area contributed by atoms with E-state index in [0.29, 0.717) is 5.92 Å². The van der Waals surface area contributed by atoms with Gasteiger partial charge in [0, 0.05) is 30.6 Å². The summed E-state index contributed by atoms with van der Waals surface area (Å²) < 4.78 is 0. The second kappa shape index (κ2) is 8.66. The molecule has 1 aliphatic rings. The molecule has 0 saturated carbocycles. The molecule has 0 radical (unpaired) electrons. The van der Waals surface area contributed by atoms with E-state index in [1.54, 1.807) is 0 Å². The number of nitrogens with one attached hydrogen (secondary N) is 1. The van der Waals surface area contributed by atoms with Gasteiger partial charge in [-0.25, -0.2) is 0 Å². The van der Waals surface area contributed by atoms with E-state index in [0.717, 1.165) is 30.7 Å². The highest BCUT2D eigenvalue weighted by molar-refractivity contribution is 6.10. The van der Waals surface area contributed by atoms with E-state index < -0.39 is 0 Å². The number of nitrogens with zero attached hydrogens (tertiary/aromatic N) is 1. The van der Waals surface area contributed by atoms with Crippen LogP contribution in [0, 0.1) is 0 Å². The molecule has 2 rings (SSSR count). The van der Waals surface area contributed by atoms with Crippen LogP contribution in [0.2, 0.25) is 0 Å². The van der Waals surface area contributed by atoms with Crippen LogP contribution >= 0.6 is 0 Å². The molecule has 132 valence electrons. The van der Waals surface area contributed by atoms with Crippen molar-refractivity contribution in [3.8, 4) is 0 Å². The minimum atomic E-state index is 0.183. The van der Waals surface area contributed by atoms with Crippen LogP contribution in [0.25, 0.3) is 0 Å². The van der Waals surface area contributed by atoms with Crippen molar-refractivity contribution >= 4 is 5.71 Å². The van der Waals surface area contributed by atoms with Gasteiger partial charge in [-0.3, -0.25) is 4.99 Å². The number of fused-ring (bicyclic) bond motifs is 1. The lowest BCUT2D eigenvalue weighted by Crippen LogP contribution is -2.27. The summed E-state index contributed by atoms with van der Waals surface area (Å²) in [5.41, 5.74) is 7.06. The molecule has 2 atom stereocenters. The molecule has 0 bridgehead atoms. The monoisotopic (exact) mass is 334 g/mol. The van der Waals surface area contributed by atoms with Gasteiger partial charge in [0.15, 0.2) is 0 Å². The summed E-state index contributed by atoms with van der Waals surface area (Å²) >= 11 is 0. The van der Waals surface area contributed by atoms with Gasteiger partial charge in [-0.1, -0.05) is 61.2 Å². The normalized spacial score (nSPS) is 18.6. The number of hydrogen-bond donors (Lipinski definition) is 1. The SMILES string of the molecule is C=CC1=NC(CC(=C)NC)C(CCC(=C)C=C(C)C)c2ccccc21. The van der Waals surface area contributed by atoms with E-state index in [1.807, 2.05) is 13.1 Å². The molecule has 2 nitrogen and oxygen atoms in total. The molecule has 25 heavy (non-hydrogen) atoms. The standard InChI is InChI=1S/C23H30N2/c1-7-22-20-11-9-8-10-19(20)21(13-12-17(4)14-16(2)3)23(25-22)15-18(5)24-6/h7-11,14,21,23-24H,1,4-5,12-13,15H2,2-3,6H3. The van der Waals surface area contributed by atoms with Gasteiger partial charge < -0.3 is 5.32 Å². The zero-order valence-corrected chi connectivity index (χ0v) is 15.8. The van der Waals surface area contributed by atoms with E-state index in [4.69, 9.17) is 4.99 Å². The predicted octanol–water partition coefficient (Wildman–Crippen LogP) is 5.55. The highest BCUT2D eigenvalue weighted by Crippen LogP contribution is 2.37. The molecule has 1 aromatic rings. The molecule has 0 amide bonds. The maximum absolute atomic E-state index is 5.00. The van der Waals surface area contributed by atoms with Crippen LogP contribution in [-0.4, -0.2) is 18.8 Å².